The number of pyridine rings is 1. The van der Waals surface area contributed by atoms with Crippen molar-refractivity contribution in [3.8, 4) is 0 Å². The second-order valence-corrected chi connectivity index (χ2v) is 7.74. The Morgan fingerprint density at radius 3 is 2.48 bits per heavy atom. The molecule has 2 aromatic heterocycles. The summed E-state index contributed by atoms with van der Waals surface area (Å²) < 4.78 is 6.20. The Balaban J connectivity index is 2.57. The zero-order valence-electron chi connectivity index (χ0n) is 15.7. The van der Waals surface area contributed by atoms with Gasteiger partial charge in [0.15, 0.2) is 0 Å². The highest BCUT2D eigenvalue weighted by Crippen LogP contribution is 2.31. The molecule has 0 aliphatic heterocycles. The Kier molecular flexibility index (Phi) is 6.09. The van der Waals surface area contributed by atoms with E-state index in [-0.39, 0.29) is 23.7 Å². The van der Waals surface area contributed by atoms with Gasteiger partial charge in [-0.2, -0.15) is 0 Å². The molecule has 2 rings (SSSR count). The molecule has 2 heterocycles. The number of hydrogen-bond donors (Lipinski definition) is 0. The second-order valence-electron chi connectivity index (χ2n) is 6.82. The minimum atomic E-state index is -0.783. The van der Waals surface area contributed by atoms with Crippen molar-refractivity contribution in [1.29, 1.82) is 0 Å². The molecule has 0 atom stereocenters. The van der Waals surface area contributed by atoms with Crippen LogP contribution >= 0.6 is 15.9 Å². The van der Waals surface area contributed by atoms with E-state index in [1.54, 1.807) is 46.0 Å². The van der Waals surface area contributed by atoms with Crippen LogP contribution < -0.4 is 4.90 Å². The third-order valence-corrected chi connectivity index (χ3v) is 3.78. The van der Waals surface area contributed by atoms with Crippen LogP contribution in [0.3, 0.4) is 0 Å². The number of rotatable bonds is 4. The van der Waals surface area contributed by atoms with Gasteiger partial charge in [-0.1, -0.05) is 0 Å². The van der Waals surface area contributed by atoms with Crippen LogP contribution in [0.25, 0.3) is 0 Å². The van der Waals surface area contributed by atoms with Gasteiger partial charge in [0.05, 0.1) is 17.2 Å². The monoisotopic (exact) mass is 437 g/mol. The summed E-state index contributed by atoms with van der Waals surface area (Å²) in [6, 6.07) is 3.47. The first-order valence-corrected chi connectivity index (χ1v) is 8.88. The summed E-state index contributed by atoms with van der Waals surface area (Å²) in [6.45, 7) is 8.20. The van der Waals surface area contributed by atoms with E-state index in [0.717, 1.165) is 9.37 Å². The third kappa shape index (κ3) is 5.43. The fraction of sp³-hybridized carbons (Fsp3) is 0.412. The van der Waals surface area contributed by atoms with E-state index in [2.05, 4.69) is 30.9 Å². The fourth-order valence-electron chi connectivity index (χ4n) is 2.30. The van der Waals surface area contributed by atoms with Crippen LogP contribution in [-0.2, 0) is 11.3 Å². The molecule has 0 spiro atoms. The summed E-state index contributed by atoms with van der Waals surface area (Å²) in [5, 5.41) is 11.6. The molecule has 0 aromatic carbocycles. The van der Waals surface area contributed by atoms with Gasteiger partial charge in [0.1, 0.15) is 17.1 Å². The predicted octanol–water partition coefficient (Wildman–Crippen LogP) is 4.10. The quantitative estimate of drug-likeness (QED) is 0.522. The van der Waals surface area contributed by atoms with Gasteiger partial charge in [0.2, 0.25) is 5.82 Å². The van der Waals surface area contributed by atoms with Crippen molar-refractivity contribution in [3.63, 3.8) is 0 Å². The van der Waals surface area contributed by atoms with E-state index in [0.29, 0.717) is 11.5 Å². The van der Waals surface area contributed by atoms with Crippen molar-refractivity contribution in [2.45, 2.75) is 46.8 Å². The Morgan fingerprint density at radius 1 is 1.30 bits per heavy atom. The number of aromatic nitrogens is 3. The molecular formula is C17H20BrN5O4. The first-order chi connectivity index (χ1) is 12.5. The average Bonchev–Trinajstić information content (AvgIpc) is 2.51. The SMILES string of the molecule is Cc1nc(C)c([N+](=O)[O-])c(N(Cc2ccc(Br)cn2)C(=O)OC(C)(C)C)n1. The van der Waals surface area contributed by atoms with Gasteiger partial charge in [-0.15, -0.1) is 0 Å². The average molecular weight is 438 g/mol. The number of carbonyl (C=O) groups is 1. The Hall–Kier alpha value is -2.62. The molecule has 1 amide bonds. The lowest BCUT2D eigenvalue weighted by Gasteiger charge is -2.26. The maximum Gasteiger partial charge on any atom is 0.416 e. The lowest BCUT2D eigenvalue weighted by atomic mass is 10.2. The minimum Gasteiger partial charge on any atom is -0.443 e. The van der Waals surface area contributed by atoms with Crippen molar-refractivity contribution < 1.29 is 14.5 Å². The van der Waals surface area contributed by atoms with E-state index >= 15 is 0 Å². The Morgan fingerprint density at radius 2 is 1.96 bits per heavy atom. The fourth-order valence-corrected chi connectivity index (χ4v) is 2.53. The van der Waals surface area contributed by atoms with Crippen LogP contribution in [0.5, 0.6) is 0 Å². The summed E-state index contributed by atoms with van der Waals surface area (Å²) in [6.07, 6.45) is 0.820. The van der Waals surface area contributed by atoms with Crippen LogP contribution in [0.4, 0.5) is 16.3 Å². The number of hydrogen-bond acceptors (Lipinski definition) is 7. The highest BCUT2D eigenvalue weighted by molar-refractivity contribution is 9.10. The zero-order chi connectivity index (χ0) is 20.4. The molecule has 0 unspecified atom stereocenters. The van der Waals surface area contributed by atoms with Crippen molar-refractivity contribution in [1.82, 2.24) is 15.0 Å². The number of carbonyl (C=O) groups excluding carboxylic acids is 1. The summed E-state index contributed by atoms with van der Waals surface area (Å²) in [5.41, 5.74) is -0.440. The van der Waals surface area contributed by atoms with Crippen molar-refractivity contribution >= 4 is 33.5 Å². The molecule has 0 fully saturated rings. The van der Waals surface area contributed by atoms with Crippen LogP contribution in [-0.4, -0.2) is 31.6 Å². The Labute approximate surface area is 165 Å². The second kappa shape index (κ2) is 7.95. The summed E-state index contributed by atoms with van der Waals surface area (Å²) in [4.78, 5) is 37.3. The van der Waals surface area contributed by atoms with Crippen molar-refractivity contribution in [2.75, 3.05) is 4.90 Å². The molecule has 0 saturated carbocycles. The first-order valence-electron chi connectivity index (χ1n) is 8.08. The molecule has 0 aliphatic rings. The van der Waals surface area contributed by atoms with Crippen LogP contribution in [0, 0.1) is 24.0 Å². The zero-order valence-corrected chi connectivity index (χ0v) is 17.3. The highest BCUT2D eigenvalue weighted by atomic mass is 79.9. The largest absolute Gasteiger partial charge is 0.443 e. The van der Waals surface area contributed by atoms with Gasteiger partial charge >= 0.3 is 11.8 Å². The smallest absolute Gasteiger partial charge is 0.416 e. The van der Waals surface area contributed by atoms with Gasteiger partial charge < -0.3 is 4.74 Å². The number of amides is 1. The van der Waals surface area contributed by atoms with Crippen LogP contribution in [0.15, 0.2) is 22.8 Å². The van der Waals surface area contributed by atoms with Crippen LogP contribution in [0.2, 0.25) is 0 Å². The molecule has 0 aliphatic carbocycles. The predicted molar refractivity (Wildman–Crippen MR) is 103 cm³/mol. The van der Waals surface area contributed by atoms with Gasteiger partial charge in [0, 0.05) is 10.7 Å². The first kappa shape index (κ1) is 20.7. The number of halogens is 1. The number of nitrogens with zero attached hydrogens (tertiary/aromatic N) is 5. The molecule has 0 radical (unpaired) electrons. The maximum atomic E-state index is 12.8. The molecular weight excluding hydrogens is 418 g/mol. The summed E-state index contributed by atoms with van der Waals surface area (Å²) in [7, 11) is 0. The molecule has 144 valence electrons. The molecule has 2 aromatic rings. The summed E-state index contributed by atoms with van der Waals surface area (Å²) >= 11 is 3.30. The van der Waals surface area contributed by atoms with E-state index in [1.807, 2.05) is 0 Å². The van der Waals surface area contributed by atoms with Crippen LogP contribution in [0.1, 0.15) is 38.0 Å². The van der Waals surface area contributed by atoms with Crippen molar-refractivity contribution in [2.24, 2.45) is 0 Å². The number of ether oxygens (including phenoxy) is 1. The molecule has 0 saturated heterocycles. The van der Waals surface area contributed by atoms with Crippen molar-refractivity contribution in [3.05, 3.63) is 50.1 Å². The van der Waals surface area contributed by atoms with Gasteiger partial charge in [-0.25, -0.2) is 19.7 Å². The van der Waals surface area contributed by atoms with E-state index in [4.69, 9.17) is 4.74 Å². The number of aryl methyl sites for hydroxylation is 2. The number of anilines is 1. The van der Waals surface area contributed by atoms with E-state index in [1.165, 1.54) is 6.92 Å². The lowest BCUT2D eigenvalue weighted by Crippen LogP contribution is -2.37. The number of nitro groups is 1. The van der Waals surface area contributed by atoms with E-state index < -0.39 is 16.6 Å². The van der Waals surface area contributed by atoms with Gasteiger partial charge in [-0.05, 0) is 62.7 Å². The van der Waals surface area contributed by atoms with Gasteiger partial charge in [0.25, 0.3) is 0 Å². The third-order valence-electron chi connectivity index (χ3n) is 3.31. The highest BCUT2D eigenvalue weighted by Gasteiger charge is 2.32. The topological polar surface area (TPSA) is 111 Å². The minimum absolute atomic E-state index is 0.0427. The Bertz CT molecular complexity index is 865. The molecule has 9 nitrogen and oxygen atoms in total. The molecule has 10 heteroatoms. The van der Waals surface area contributed by atoms with Gasteiger partial charge in [-0.3, -0.25) is 15.1 Å². The standard InChI is InChI=1S/C17H20BrN5O4/c1-10-14(23(25)26)15(21-11(2)20-10)22(16(24)27-17(3,4)5)9-13-7-6-12(18)8-19-13/h6-8H,9H2,1-5H3. The summed E-state index contributed by atoms with van der Waals surface area (Å²) in [5.74, 6) is 0.189. The molecule has 0 N–H and O–H groups in total. The van der Waals surface area contributed by atoms with E-state index in [9.17, 15) is 14.9 Å². The molecule has 0 bridgehead atoms. The lowest BCUT2D eigenvalue weighted by molar-refractivity contribution is -0.385. The maximum absolute atomic E-state index is 12.8. The normalized spacial score (nSPS) is 11.2. The molecule has 27 heavy (non-hydrogen) atoms.